The molecule has 0 aliphatic carbocycles. The summed E-state index contributed by atoms with van der Waals surface area (Å²) in [7, 11) is 0. The fourth-order valence-corrected chi connectivity index (χ4v) is 1.93. The molecule has 0 saturated carbocycles. The highest BCUT2D eigenvalue weighted by Crippen LogP contribution is 2.14. The van der Waals surface area contributed by atoms with Crippen molar-refractivity contribution in [1.29, 1.82) is 0 Å². The second-order valence-electron chi connectivity index (χ2n) is 3.72. The third-order valence-corrected chi connectivity index (χ3v) is 2.83. The molecule has 0 amide bonds. The minimum Gasteiger partial charge on any atom is -0.350 e. The Morgan fingerprint density at radius 2 is 1.65 bits per heavy atom. The second kappa shape index (κ2) is 5.80. The maximum Gasteiger partial charge on any atom is 0.0841 e. The lowest BCUT2D eigenvalue weighted by atomic mass is 10.1. The molecular weight excluding hydrogens is 250 g/mol. The first-order chi connectivity index (χ1) is 8.24. The van der Waals surface area contributed by atoms with E-state index in [-0.39, 0.29) is 0 Å². The van der Waals surface area contributed by atoms with Gasteiger partial charge in [0.15, 0.2) is 0 Å². The Balaban J connectivity index is 1.96. The normalized spacial score (nSPS) is 9.94. The van der Waals surface area contributed by atoms with Crippen molar-refractivity contribution in [3.63, 3.8) is 0 Å². The van der Waals surface area contributed by atoms with Crippen molar-refractivity contribution in [3.8, 4) is 0 Å². The molecule has 0 fully saturated rings. The summed E-state index contributed by atoms with van der Waals surface area (Å²) in [6, 6.07) is 17.7. The van der Waals surface area contributed by atoms with Gasteiger partial charge in [0.05, 0.1) is 4.99 Å². The molecule has 0 spiro atoms. The number of hydrogen-bond acceptors (Lipinski definition) is 1. The molecule has 0 heterocycles. The zero-order chi connectivity index (χ0) is 12.1. The largest absolute Gasteiger partial charge is 0.350 e. The number of nitrogens with one attached hydrogen (secondary N) is 1. The molecule has 17 heavy (non-hydrogen) atoms. The van der Waals surface area contributed by atoms with Crippen molar-refractivity contribution < 1.29 is 0 Å². The fraction of sp³-hybridized carbons (Fsp3) is 0.0714. The fourth-order valence-electron chi connectivity index (χ4n) is 1.52. The molecule has 3 heteroatoms. The Labute approximate surface area is 111 Å². The molecule has 1 nitrogen and oxygen atoms in total. The molecule has 0 aliphatic rings. The van der Waals surface area contributed by atoms with Crippen molar-refractivity contribution in [2.24, 2.45) is 0 Å². The van der Waals surface area contributed by atoms with Gasteiger partial charge in [0, 0.05) is 17.1 Å². The van der Waals surface area contributed by atoms with Crippen LogP contribution in [0.5, 0.6) is 0 Å². The van der Waals surface area contributed by atoms with Crippen LogP contribution < -0.4 is 5.32 Å². The predicted octanol–water partition coefficient (Wildman–Crippen LogP) is 4.32. The quantitative estimate of drug-likeness (QED) is 0.826. The Morgan fingerprint density at radius 1 is 1.00 bits per heavy atom. The van der Waals surface area contributed by atoms with Gasteiger partial charge in [-0.3, -0.25) is 0 Å². The van der Waals surface area contributed by atoms with Gasteiger partial charge in [-0.2, -0.15) is 0 Å². The van der Waals surface area contributed by atoms with Crippen molar-refractivity contribution in [2.45, 2.75) is 6.42 Å². The first-order valence-electron chi connectivity index (χ1n) is 5.33. The number of hydrogen-bond donors (Lipinski definition) is 1. The smallest absolute Gasteiger partial charge is 0.0841 e. The third kappa shape index (κ3) is 3.84. The van der Waals surface area contributed by atoms with Crippen LogP contribution in [0.15, 0.2) is 54.6 Å². The molecule has 2 aromatic carbocycles. The summed E-state index contributed by atoms with van der Waals surface area (Å²) in [6.07, 6.45) is 0.749. The summed E-state index contributed by atoms with van der Waals surface area (Å²) < 4.78 is 0. The molecule has 2 aromatic rings. The van der Waals surface area contributed by atoms with Gasteiger partial charge >= 0.3 is 0 Å². The molecule has 0 aliphatic heterocycles. The minimum atomic E-state index is 0.726. The summed E-state index contributed by atoms with van der Waals surface area (Å²) in [5.74, 6) is 0. The average Bonchev–Trinajstić information content (AvgIpc) is 2.33. The van der Waals surface area contributed by atoms with Crippen LogP contribution in [0.4, 0.5) is 5.69 Å². The Bertz CT molecular complexity index is 493. The molecule has 86 valence electrons. The number of benzene rings is 2. The molecule has 1 N–H and O–H groups in total. The summed E-state index contributed by atoms with van der Waals surface area (Å²) in [4.78, 5) is 0.804. The summed E-state index contributed by atoms with van der Waals surface area (Å²) >= 11 is 11.1. The van der Waals surface area contributed by atoms with Crippen LogP contribution in [0, 0.1) is 0 Å². The number of thiocarbonyl (C=S) groups is 1. The van der Waals surface area contributed by atoms with E-state index in [1.807, 2.05) is 42.5 Å². The number of halogens is 1. The second-order valence-corrected chi connectivity index (χ2v) is 4.65. The molecule has 0 unspecified atom stereocenters. The van der Waals surface area contributed by atoms with Crippen LogP contribution in [0.2, 0.25) is 5.02 Å². The van der Waals surface area contributed by atoms with E-state index in [0.29, 0.717) is 0 Å². The molecule has 2 rings (SSSR count). The maximum absolute atomic E-state index is 5.82. The Morgan fingerprint density at radius 3 is 2.29 bits per heavy atom. The summed E-state index contributed by atoms with van der Waals surface area (Å²) in [5, 5.41) is 3.92. The lowest BCUT2D eigenvalue weighted by Crippen LogP contribution is -2.11. The Kier molecular flexibility index (Phi) is 4.13. The average molecular weight is 262 g/mol. The van der Waals surface area contributed by atoms with E-state index in [0.717, 1.165) is 22.1 Å². The molecule has 0 atom stereocenters. The van der Waals surface area contributed by atoms with Gasteiger partial charge in [-0.15, -0.1) is 0 Å². The van der Waals surface area contributed by atoms with E-state index >= 15 is 0 Å². The maximum atomic E-state index is 5.82. The van der Waals surface area contributed by atoms with E-state index in [2.05, 4.69) is 17.4 Å². The van der Waals surface area contributed by atoms with E-state index in [1.165, 1.54) is 5.56 Å². The van der Waals surface area contributed by atoms with Gasteiger partial charge < -0.3 is 5.32 Å². The van der Waals surface area contributed by atoms with Gasteiger partial charge in [0.25, 0.3) is 0 Å². The van der Waals surface area contributed by atoms with E-state index in [4.69, 9.17) is 23.8 Å². The summed E-state index contributed by atoms with van der Waals surface area (Å²) in [6.45, 7) is 0. The van der Waals surface area contributed by atoms with Crippen molar-refractivity contribution in [3.05, 3.63) is 65.2 Å². The number of anilines is 1. The molecule has 0 aromatic heterocycles. The highest BCUT2D eigenvalue weighted by Gasteiger charge is 1.99. The van der Waals surface area contributed by atoms with E-state index in [1.54, 1.807) is 0 Å². The predicted molar refractivity (Wildman–Crippen MR) is 77.8 cm³/mol. The molecular formula is C14H12ClNS. The lowest BCUT2D eigenvalue weighted by Gasteiger charge is -2.07. The zero-order valence-corrected chi connectivity index (χ0v) is 10.8. The third-order valence-electron chi connectivity index (χ3n) is 2.34. The summed E-state index contributed by atoms with van der Waals surface area (Å²) in [5.41, 5.74) is 2.18. The molecule has 0 bridgehead atoms. The van der Waals surface area contributed by atoms with Crippen molar-refractivity contribution >= 4 is 34.5 Å². The number of rotatable bonds is 3. The first-order valence-corrected chi connectivity index (χ1v) is 6.12. The minimum absolute atomic E-state index is 0.726. The van der Waals surface area contributed by atoms with Gasteiger partial charge in [0.1, 0.15) is 0 Å². The van der Waals surface area contributed by atoms with Crippen LogP contribution in [0.25, 0.3) is 0 Å². The van der Waals surface area contributed by atoms with Gasteiger partial charge in [-0.05, 0) is 29.8 Å². The van der Waals surface area contributed by atoms with Crippen LogP contribution in [0.3, 0.4) is 0 Å². The molecule has 0 saturated heterocycles. The van der Waals surface area contributed by atoms with Gasteiger partial charge in [0.2, 0.25) is 0 Å². The Hall–Kier alpha value is -1.38. The van der Waals surface area contributed by atoms with Crippen molar-refractivity contribution in [1.82, 2.24) is 0 Å². The van der Waals surface area contributed by atoms with Crippen LogP contribution in [-0.4, -0.2) is 4.99 Å². The van der Waals surface area contributed by atoms with Crippen molar-refractivity contribution in [2.75, 3.05) is 5.32 Å². The molecule has 0 radical (unpaired) electrons. The topological polar surface area (TPSA) is 12.0 Å². The van der Waals surface area contributed by atoms with E-state index in [9.17, 15) is 0 Å². The lowest BCUT2D eigenvalue weighted by molar-refractivity contribution is 1.34. The highest BCUT2D eigenvalue weighted by atomic mass is 35.5. The van der Waals surface area contributed by atoms with Gasteiger partial charge in [-0.25, -0.2) is 0 Å². The standard InChI is InChI=1S/C14H12ClNS/c15-12-6-8-13(9-7-12)16-14(17)10-11-4-2-1-3-5-11/h1-9H,10H2,(H,16,17). The SMILES string of the molecule is S=C(Cc1ccccc1)Nc1ccc(Cl)cc1. The van der Waals surface area contributed by atoms with Crippen LogP contribution in [0.1, 0.15) is 5.56 Å². The zero-order valence-electron chi connectivity index (χ0n) is 9.19. The monoisotopic (exact) mass is 261 g/mol. The van der Waals surface area contributed by atoms with Crippen LogP contribution in [-0.2, 0) is 6.42 Å². The first kappa shape index (κ1) is 12.1. The van der Waals surface area contributed by atoms with Crippen LogP contribution >= 0.6 is 23.8 Å². The van der Waals surface area contributed by atoms with E-state index < -0.39 is 0 Å². The highest BCUT2D eigenvalue weighted by molar-refractivity contribution is 7.80. The van der Waals surface area contributed by atoms with Gasteiger partial charge in [-0.1, -0.05) is 54.2 Å².